The number of phenolic OH excluding ortho intramolecular Hbond substituents is 1. The molecule has 0 spiro atoms. The van der Waals surface area contributed by atoms with Crippen molar-refractivity contribution in [3.63, 3.8) is 0 Å². The first-order valence-electron chi connectivity index (χ1n) is 28.2. The van der Waals surface area contributed by atoms with E-state index in [0.717, 1.165) is 75.2 Å². The van der Waals surface area contributed by atoms with Gasteiger partial charge in [-0.05, 0) is 88.7 Å². The number of fused-ring (bicyclic) bond motifs is 16. The average Bonchev–Trinajstić information content (AvgIpc) is 3.46. The number of nitrogens with two attached hydrogens (primary N) is 2. The fraction of sp³-hybridized carbons (Fsp3) is 0.571. The standard InChI is InChI=1S/C56H85IN16O8.Cu/c1-55-31-60-20-23-63-34-56(35-64-24-21-61-32-55,36-65-25-22-62-33-55)72-48(76)13-5-12-47(75)66-18-7-11-45-52(80)70-42(10-6-19-67-54(58)59)51(79)71-43(28-37-14-16-39-8-3-4-9-40(39)26-37)50(78)68-30-49(77)69-44(53(81)73(45)2)29-38-15-17-46(74)41(57)27-38;/h3-4,8-9,14-17,26-27,42-45,60-65,74H,5-7,10-13,18-25,28-36H2,1-2H3,(H,66,75)(H,68,78)(H,69,77)(H,70,80)(H,71,79)(H,72,76)(H4,58,59,67);/t42-,43-,44+,45+,55?,56?;/m0./s1. The second-order valence-electron chi connectivity index (χ2n) is 21.8. The van der Waals surface area contributed by atoms with Gasteiger partial charge in [0, 0.05) is 147 Å². The molecule has 3 aromatic rings. The van der Waals surface area contributed by atoms with Crippen molar-refractivity contribution >= 4 is 80.7 Å². The summed E-state index contributed by atoms with van der Waals surface area (Å²) < 4.78 is 0.510. The third-order valence-electron chi connectivity index (χ3n) is 14.8. The Balaban J connectivity index is 0.0000123. The summed E-state index contributed by atoms with van der Waals surface area (Å²) in [6.07, 6.45) is 0.957. The molecular formula is C56H85CuIN16O8. The van der Waals surface area contributed by atoms with E-state index in [1.165, 1.54) is 18.0 Å². The van der Waals surface area contributed by atoms with Crippen molar-refractivity contribution in [2.24, 2.45) is 21.9 Å². The van der Waals surface area contributed by atoms with Gasteiger partial charge in [-0.2, -0.15) is 0 Å². The van der Waals surface area contributed by atoms with Crippen LogP contribution in [-0.2, 0) is 63.5 Å². The molecule has 7 amide bonds. The molecule has 24 nitrogen and oxygen atoms in total. The summed E-state index contributed by atoms with van der Waals surface area (Å²) in [6, 6.07) is 13.2. The molecule has 82 heavy (non-hydrogen) atoms. The first-order valence-corrected chi connectivity index (χ1v) is 29.3. The van der Waals surface area contributed by atoms with Crippen LogP contribution in [0.3, 0.4) is 0 Å². The van der Waals surface area contributed by atoms with Crippen LogP contribution in [0.15, 0.2) is 65.7 Å². The number of aromatic hydroxyl groups is 1. The van der Waals surface area contributed by atoms with E-state index >= 15 is 0 Å². The van der Waals surface area contributed by atoms with E-state index in [4.69, 9.17) is 11.5 Å². The number of nitrogens with zero attached hydrogens (tertiary/aromatic N) is 2. The van der Waals surface area contributed by atoms with E-state index in [9.17, 15) is 38.7 Å². The number of nitrogens with one attached hydrogen (secondary N) is 12. The van der Waals surface area contributed by atoms with Crippen molar-refractivity contribution in [3.05, 3.63) is 75.4 Å². The fourth-order valence-electron chi connectivity index (χ4n) is 10.2. The Hall–Kier alpha value is -5.71. The second-order valence-corrected chi connectivity index (χ2v) is 23.0. The smallest absolute Gasteiger partial charge is 0.245 e. The van der Waals surface area contributed by atoms with Gasteiger partial charge in [0.15, 0.2) is 5.96 Å². The van der Waals surface area contributed by atoms with Crippen molar-refractivity contribution in [1.29, 1.82) is 0 Å². The Morgan fingerprint density at radius 3 is 1.89 bits per heavy atom. The van der Waals surface area contributed by atoms with Gasteiger partial charge in [0.25, 0.3) is 0 Å². The minimum atomic E-state index is -1.25. The molecule has 2 bridgehead atoms. The summed E-state index contributed by atoms with van der Waals surface area (Å²) >= 11 is 1.96. The predicted octanol–water partition coefficient (Wildman–Crippen LogP) is -2.11. The molecule has 0 aromatic heterocycles. The van der Waals surface area contributed by atoms with Crippen molar-refractivity contribution in [2.75, 3.05) is 105 Å². The zero-order valence-corrected chi connectivity index (χ0v) is 50.2. The Morgan fingerprint density at radius 2 is 1.26 bits per heavy atom. The number of hydrogen-bond donors (Lipinski definition) is 15. The molecule has 4 aliphatic rings. The van der Waals surface area contributed by atoms with E-state index < -0.39 is 65.8 Å². The number of carbonyl (C=O) groups is 7. The maximum absolute atomic E-state index is 14.7. The summed E-state index contributed by atoms with van der Waals surface area (Å²) in [6.45, 7) is 10.6. The van der Waals surface area contributed by atoms with Crippen LogP contribution < -0.4 is 75.3 Å². The van der Waals surface area contributed by atoms with E-state index in [1.54, 1.807) is 12.1 Å². The van der Waals surface area contributed by atoms with Crippen LogP contribution >= 0.6 is 22.6 Å². The summed E-state index contributed by atoms with van der Waals surface area (Å²) in [5.41, 5.74) is 11.9. The number of benzene rings is 3. The van der Waals surface area contributed by atoms with Gasteiger partial charge >= 0.3 is 0 Å². The number of hydrogen-bond acceptors (Lipinski definition) is 15. The minimum absolute atomic E-state index is 0. The van der Waals surface area contributed by atoms with Gasteiger partial charge in [0.1, 0.15) is 29.9 Å². The topological polar surface area (TPSA) is 352 Å². The van der Waals surface area contributed by atoms with Crippen LogP contribution in [0.5, 0.6) is 5.75 Å². The quantitative estimate of drug-likeness (QED) is 0.0226. The number of amides is 7. The van der Waals surface area contributed by atoms with Gasteiger partial charge in [-0.25, -0.2) is 0 Å². The number of aliphatic imine (C=N–C) groups is 1. The molecule has 4 fully saturated rings. The SMILES string of the molecule is CN1C(=O)[C@@H](Cc2ccc(O)c(I)c2)NC(=O)CNC(=O)[C@H](Cc2ccc3ccccc3c2)NC(=O)[C@H](CCCN=C(N)N)NC(=O)[C@H]1CCCNC(=O)CCCC(=O)NC12CNCCNCC(C)(CNCCNC1)CNCCNC2.[Cu]. The van der Waals surface area contributed by atoms with Crippen LogP contribution in [0, 0.1) is 8.99 Å². The Bertz CT molecular complexity index is 2600. The number of rotatable bonds is 17. The zero-order valence-electron chi connectivity index (χ0n) is 47.1. The molecular weight excluding hydrogens is 1220 g/mol. The molecule has 7 rings (SSSR count). The van der Waals surface area contributed by atoms with E-state index in [-0.39, 0.29) is 117 Å². The number of carbonyl (C=O) groups excluding carboxylic acids is 7. The van der Waals surface area contributed by atoms with Crippen LogP contribution in [0.4, 0.5) is 0 Å². The van der Waals surface area contributed by atoms with Gasteiger partial charge in [0.05, 0.1) is 15.7 Å². The normalized spacial score (nSPS) is 24.1. The van der Waals surface area contributed by atoms with Crippen LogP contribution in [0.2, 0.25) is 0 Å². The van der Waals surface area contributed by atoms with E-state index in [0.29, 0.717) is 28.8 Å². The van der Waals surface area contributed by atoms with Crippen molar-refractivity contribution in [1.82, 2.24) is 68.7 Å². The van der Waals surface area contributed by atoms with Gasteiger partial charge in [0.2, 0.25) is 41.4 Å². The average molecular weight is 1300 g/mol. The molecule has 0 saturated carbocycles. The van der Waals surface area contributed by atoms with Crippen molar-refractivity contribution in [3.8, 4) is 5.75 Å². The molecule has 4 aliphatic heterocycles. The largest absolute Gasteiger partial charge is 0.507 e. The van der Waals surface area contributed by atoms with Crippen molar-refractivity contribution < 1.29 is 55.7 Å². The number of halogens is 1. The Labute approximate surface area is 504 Å². The molecule has 4 heterocycles. The molecule has 0 unspecified atom stereocenters. The monoisotopic (exact) mass is 1300 g/mol. The van der Waals surface area contributed by atoms with Crippen LogP contribution in [0.25, 0.3) is 10.8 Å². The third kappa shape index (κ3) is 22.1. The van der Waals surface area contributed by atoms with Crippen LogP contribution in [-0.4, -0.2) is 192 Å². The first-order chi connectivity index (χ1) is 38.9. The summed E-state index contributed by atoms with van der Waals surface area (Å²) in [5.74, 6) is -4.01. The fourth-order valence-corrected chi connectivity index (χ4v) is 10.8. The van der Waals surface area contributed by atoms with Gasteiger partial charge in [-0.1, -0.05) is 55.5 Å². The maximum Gasteiger partial charge on any atom is 0.245 e. The molecule has 26 heteroatoms. The molecule has 4 atom stereocenters. The molecule has 0 aliphatic carbocycles. The second kappa shape index (κ2) is 34.2. The number of guanidine groups is 1. The number of likely N-dealkylation sites (N-methyl/N-ethyl adjacent to an activating group) is 1. The summed E-state index contributed by atoms with van der Waals surface area (Å²) in [5, 5.41) is 50.9. The predicted molar refractivity (Wildman–Crippen MR) is 320 cm³/mol. The zero-order chi connectivity index (χ0) is 58.2. The maximum atomic E-state index is 14.7. The first kappa shape index (κ1) is 67.1. The third-order valence-corrected chi connectivity index (χ3v) is 15.6. The summed E-state index contributed by atoms with van der Waals surface area (Å²) in [4.78, 5) is 104. The molecule has 455 valence electrons. The molecule has 3 aromatic carbocycles. The van der Waals surface area contributed by atoms with Crippen molar-refractivity contribution in [2.45, 2.75) is 94.4 Å². The Morgan fingerprint density at radius 1 is 0.683 bits per heavy atom. The van der Waals surface area contributed by atoms with E-state index in [2.05, 4.69) is 75.7 Å². The Kier molecular flexibility index (Phi) is 27.9. The van der Waals surface area contributed by atoms with Crippen LogP contribution in [0.1, 0.15) is 63.0 Å². The summed E-state index contributed by atoms with van der Waals surface area (Å²) in [7, 11) is 1.43. The van der Waals surface area contributed by atoms with Gasteiger partial charge < -0.3 is 85.3 Å². The molecule has 1 radical (unpaired) electrons. The molecule has 4 saturated heterocycles. The van der Waals surface area contributed by atoms with Gasteiger partial charge in [-0.15, -0.1) is 0 Å². The van der Waals surface area contributed by atoms with Gasteiger partial charge in [-0.3, -0.25) is 38.6 Å². The minimum Gasteiger partial charge on any atom is -0.507 e. The number of phenols is 1. The molecule has 17 N–H and O–H groups in total. The van der Waals surface area contributed by atoms with E-state index in [1.807, 2.05) is 65.1 Å².